The van der Waals surface area contributed by atoms with Crippen LogP contribution in [0.1, 0.15) is 5.56 Å². The number of halogens is 1. The summed E-state index contributed by atoms with van der Waals surface area (Å²) in [5.74, 6) is -2.87. The SMILES string of the molecule is Cc1ccc(NC(=O)[C@@H]2[C@@H](C(=O)O)[C@H]3C=C[C@@H]2O3)c(Br)c1. The predicted molar refractivity (Wildman–Crippen MR) is 79.9 cm³/mol. The first-order chi connectivity index (χ1) is 9.97. The lowest BCUT2D eigenvalue weighted by molar-refractivity contribution is -0.145. The Morgan fingerprint density at radius 2 is 1.90 bits per heavy atom. The van der Waals surface area contributed by atoms with Gasteiger partial charge in [-0.05, 0) is 40.5 Å². The Bertz CT molecular complexity index is 643. The Labute approximate surface area is 130 Å². The van der Waals surface area contributed by atoms with Crippen molar-refractivity contribution < 1.29 is 19.4 Å². The molecule has 3 rings (SSSR count). The molecule has 1 fully saturated rings. The van der Waals surface area contributed by atoms with E-state index in [9.17, 15) is 14.7 Å². The Balaban J connectivity index is 1.82. The molecule has 0 radical (unpaired) electrons. The number of nitrogens with one attached hydrogen (secondary N) is 1. The smallest absolute Gasteiger partial charge is 0.310 e. The third-order valence-electron chi connectivity index (χ3n) is 3.87. The monoisotopic (exact) mass is 351 g/mol. The molecule has 0 aromatic heterocycles. The average molecular weight is 352 g/mol. The fraction of sp³-hybridized carbons (Fsp3) is 0.333. The molecule has 2 N–H and O–H groups in total. The molecule has 0 saturated carbocycles. The third kappa shape index (κ3) is 2.49. The molecule has 1 saturated heterocycles. The minimum Gasteiger partial charge on any atom is -0.481 e. The summed E-state index contributed by atoms with van der Waals surface area (Å²) in [5.41, 5.74) is 1.69. The normalized spacial score (nSPS) is 29.6. The molecule has 110 valence electrons. The summed E-state index contributed by atoms with van der Waals surface area (Å²) >= 11 is 3.39. The van der Waals surface area contributed by atoms with Gasteiger partial charge in [0.25, 0.3) is 0 Å². The second-order valence-corrected chi connectivity index (χ2v) is 6.17. The van der Waals surface area contributed by atoms with Gasteiger partial charge < -0.3 is 15.2 Å². The van der Waals surface area contributed by atoms with Gasteiger partial charge in [0.05, 0.1) is 23.8 Å². The van der Waals surface area contributed by atoms with Gasteiger partial charge in [0.1, 0.15) is 5.92 Å². The number of anilines is 1. The molecule has 1 amide bonds. The lowest BCUT2D eigenvalue weighted by atomic mass is 9.82. The second kappa shape index (κ2) is 5.27. The number of aryl methyl sites for hydroxylation is 1. The number of fused-ring (bicyclic) bond motifs is 2. The topological polar surface area (TPSA) is 75.6 Å². The van der Waals surface area contributed by atoms with Gasteiger partial charge in [0.15, 0.2) is 0 Å². The van der Waals surface area contributed by atoms with Crippen LogP contribution in [0, 0.1) is 18.8 Å². The van der Waals surface area contributed by atoms with E-state index in [2.05, 4.69) is 21.2 Å². The van der Waals surface area contributed by atoms with E-state index in [1.807, 2.05) is 19.1 Å². The molecule has 21 heavy (non-hydrogen) atoms. The van der Waals surface area contributed by atoms with Crippen LogP contribution in [-0.4, -0.2) is 29.2 Å². The molecule has 2 aliphatic rings. The predicted octanol–water partition coefficient (Wildman–Crippen LogP) is 2.35. The highest BCUT2D eigenvalue weighted by atomic mass is 79.9. The zero-order valence-electron chi connectivity index (χ0n) is 11.2. The molecule has 0 spiro atoms. The highest BCUT2D eigenvalue weighted by molar-refractivity contribution is 9.10. The Morgan fingerprint density at radius 1 is 1.24 bits per heavy atom. The van der Waals surface area contributed by atoms with Gasteiger partial charge >= 0.3 is 5.97 Å². The fourth-order valence-electron chi connectivity index (χ4n) is 2.85. The van der Waals surface area contributed by atoms with Crippen LogP contribution in [0.3, 0.4) is 0 Å². The minimum atomic E-state index is -1.00. The molecule has 1 aromatic rings. The quantitative estimate of drug-likeness (QED) is 0.819. The van der Waals surface area contributed by atoms with Crippen molar-refractivity contribution in [3.63, 3.8) is 0 Å². The van der Waals surface area contributed by atoms with Gasteiger partial charge in [-0.1, -0.05) is 18.2 Å². The number of aliphatic carboxylic acids is 1. The summed E-state index contributed by atoms with van der Waals surface area (Å²) < 4.78 is 6.27. The van der Waals surface area contributed by atoms with Gasteiger partial charge in [-0.3, -0.25) is 9.59 Å². The zero-order valence-corrected chi connectivity index (χ0v) is 12.8. The fourth-order valence-corrected chi connectivity index (χ4v) is 3.44. The van der Waals surface area contributed by atoms with E-state index in [1.165, 1.54) is 0 Å². The van der Waals surface area contributed by atoms with Crippen LogP contribution >= 0.6 is 15.9 Å². The maximum atomic E-state index is 12.4. The molecule has 2 heterocycles. The maximum Gasteiger partial charge on any atom is 0.310 e. The average Bonchev–Trinajstić information content (AvgIpc) is 3.02. The number of carbonyl (C=O) groups excluding carboxylic acids is 1. The van der Waals surface area contributed by atoms with Crippen molar-refractivity contribution in [3.8, 4) is 0 Å². The summed E-state index contributed by atoms with van der Waals surface area (Å²) in [6, 6.07) is 5.56. The standard InChI is InChI=1S/C15H14BrNO4/c1-7-2-3-9(8(16)6-7)17-14(18)12-10-4-5-11(21-10)13(12)15(19)20/h2-6,10-13H,1H3,(H,17,18)(H,19,20)/t10-,11+,12-,13-/m0/s1. The van der Waals surface area contributed by atoms with Crippen molar-refractivity contribution in [2.75, 3.05) is 5.32 Å². The minimum absolute atomic E-state index is 0.330. The first-order valence-corrected chi connectivity index (χ1v) is 7.40. The van der Waals surface area contributed by atoms with Crippen LogP contribution in [0.25, 0.3) is 0 Å². The van der Waals surface area contributed by atoms with E-state index in [0.717, 1.165) is 10.0 Å². The molecule has 4 atom stereocenters. The van der Waals surface area contributed by atoms with Crippen LogP contribution in [0.5, 0.6) is 0 Å². The maximum absolute atomic E-state index is 12.4. The molecule has 5 nitrogen and oxygen atoms in total. The van der Waals surface area contributed by atoms with Crippen molar-refractivity contribution in [1.29, 1.82) is 0 Å². The van der Waals surface area contributed by atoms with Crippen molar-refractivity contribution in [3.05, 3.63) is 40.4 Å². The molecule has 0 aliphatic carbocycles. The lowest BCUT2D eigenvalue weighted by Gasteiger charge is -2.21. The number of carboxylic acids is 1. The highest BCUT2D eigenvalue weighted by Crippen LogP contribution is 2.40. The molecule has 1 aromatic carbocycles. The van der Waals surface area contributed by atoms with Crippen molar-refractivity contribution in [2.45, 2.75) is 19.1 Å². The van der Waals surface area contributed by atoms with Gasteiger partial charge in [-0.15, -0.1) is 0 Å². The molecule has 2 bridgehead atoms. The zero-order chi connectivity index (χ0) is 15.1. The lowest BCUT2D eigenvalue weighted by Crippen LogP contribution is -2.39. The van der Waals surface area contributed by atoms with E-state index in [0.29, 0.717) is 5.69 Å². The van der Waals surface area contributed by atoms with Crippen LogP contribution in [0.2, 0.25) is 0 Å². The Kier molecular flexibility index (Phi) is 3.59. The Hall–Kier alpha value is -1.66. The number of hydrogen-bond acceptors (Lipinski definition) is 3. The van der Waals surface area contributed by atoms with Crippen LogP contribution < -0.4 is 5.32 Å². The highest BCUT2D eigenvalue weighted by Gasteiger charge is 2.53. The van der Waals surface area contributed by atoms with Crippen molar-refractivity contribution >= 4 is 33.5 Å². The number of ether oxygens (including phenoxy) is 1. The van der Waals surface area contributed by atoms with Gasteiger partial charge in [0, 0.05) is 4.47 Å². The first-order valence-electron chi connectivity index (χ1n) is 6.61. The molecular formula is C15H14BrNO4. The summed E-state index contributed by atoms with van der Waals surface area (Å²) in [4.78, 5) is 23.8. The Morgan fingerprint density at radius 3 is 2.52 bits per heavy atom. The summed E-state index contributed by atoms with van der Waals surface area (Å²) in [7, 11) is 0. The molecule has 2 aliphatic heterocycles. The summed E-state index contributed by atoms with van der Waals surface area (Å²) in [6.45, 7) is 1.95. The van der Waals surface area contributed by atoms with E-state index < -0.39 is 30.0 Å². The van der Waals surface area contributed by atoms with E-state index >= 15 is 0 Å². The van der Waals surface area contributed by atoms with Gasteiger partial charge in [0.2, 0.25) is 5.91 Å². The van der Waals surface area contributed by atoms with Crippen molar-refractivity contribution in [1.82, 2.24) is 0 Å². The number of carboxylic acid groups (broad SMARTS) is 1. The van der Waals surface area contributed by atoms with E-state index in [-0.39, 0.29) is 5.91 Å². The van der Waals surface area contributed by atoms with Gasteiger partial charge in [-0.2, -0.15) is 0 Å². The first kappa shape index (κ1) is 14.3. The molecular weight excluding hydrogens is 338 g/mol. The number of benzene rings is 1. The van der Waals surface area contributed by atoms with E-state index in [1.54, 1.807) is 18.2 Å². The largest absolute Gasteiger partial charge is 0.481 e. The van der Waals surface area contributed by atoms with Crippen LogP contribution in [0.15, 0.2) is 34.8 Å². The van der Waals surface area contributed by atoms with E-state index in [4.69, 9.17) is 4.74 Å². The number of rotatable bonds is 3. The van der Waals surface area contributed by atoms with Crippen LogP contribution in [0.4, 0.5) is 5.69 Å². The number of hydrogen-bond donors (Lipinski definition) is 2. The molecule has 6 heteroatoms. The third-order valence-corrected chi connectivity index (χ3v) is 4.53. The molecule has 0 unspecified atom stereocenters. The second-order valence-electron chi connectivity index (χ2n) is 5.31. The summed E-state index contributed by atoms with van der Waals surface area (Å²) in [6.07, 6.45) is 2.51. The van der Waals surface area contributed by atoms with Crippen LogP contribution in [-0.2, 0) is 14.3 Å². The summed E-state index contributed by atoms with van der Waals surface area (Å²) in [5, 5.41) is 12.1. The van der Waals surface area contributed by atoms with Gasteiger partial charge in [-0.25, -0.2) is 0 Å². The number of amides is 1. The number of carbonyl (C=O) groups is 2. The van der Waals surface area contributed by atoms with Crippen molar-refractivity contribution in [2.24, 2.45) is 11.8 Å².